The predicted molar refractivity (Wildman–Crippen MR) is 129 cm³/mol. The molecular weight excluding hydrogens is 473 g/mol. The van der Waals surface area contributed by atoms with Crippen molar-refractivity contribution in [2.24, 2.45) is 0 Å². The van der Waals surface area contributed by atoms with E-state index < -0.39 is 29.5 Å². The molecule has 178 valence electrons. The summed E-state index contributed by atoms with van der Waals surface area (Å²) in [6.45, 7) is 1.93. The van der Waals surface area contributed by atoms with Gasteiger partial charge in [-0.25, -0.2) is 18.0 Å². The summed E-state index contributed by atoms with van der Waals surface area (Å²) < 4.78 is 44.4. The van der Waals surface area contributed by atoms with Gasteiger partial charge >= 0.3 is 6.03 Å². The molecule has 2 heterocycles. The molecule has 0 unspecified atom stereocenters. The number of urea groups is 1. The van der Waals surface area contributed by atoms with Crippen LogP contribution in [-0.2, 0) is 6.42 Å². The number of hydrogen-bond donors (Lipinski definition) is 2. The highest BCUT2D eigenvalue weighted by atomic mass is 32.2. The van der Waals surface area contributed by atoms with Gasteiger partial charge in [-0.3, -0.25) is 14.7 Å². The first-order valence-corrected chi connectivity index (χ1v) is 11.5. The van der Waals surface area contributed by atoms with Crippen LogP contribution in [0.1, 0.15) is 22.9 Å². The highest BCUT2D eigenvalue weighted by Gasteiger charge is 2.22. The van der Waals surface area contributed by atoms with Crippen LogP contribution in [0.25, 0.3) is 11.1 Å². The zero-order chi connectivity index (χ0) is 24.8. The first-order valence-electron chi connectivity index (χ1n) is 10.7. The van der Waals surface area contributed by atoms with Gasteiger partial charge in [0.25, 0.3) is 0 Å². The fourth-order valence-electron chi connectivity index (χ4n) is 3.64. The van der Waals surface area contributed by atoms with Crippen LogP contribution in [0.15, 0.2) is 84.1 Å². The van der Waals surface area contributed by atoms with Gasteiger partial charge in [-0.2, -0.15) is 0 Å². The summed E-state index contributed by atoms with van der Waals surface area (Å²) in [4.78, 5) is 22.0. The molecule has 9 heteroatoms. The molecule has 0 saturated heterocycles. The van der Waals surface area contributed by atoms with Gasteiger partial charge in [0, 0.05) is 34.5 Å². The van der Waals surface area contributed by atoms with Crippen LogP contribution in [0.4, 0.5) is 18.0 Å². The number of pyridine rings is 2. The summed E-state index contributed by atoms with van der Waals surface area (Å²) in [5.74, 6) is -1.98. The molecule has 35 heavy (non-hydrogen) atoms. The first kappa shape index (κ1) is 24.3. The van der Waals surface area contributed by atoms with Gasteiger partial charge in [-0.1, -0.05) is 24.3 Å². The van der Waals surface area contributed by atoms with Gasteiger partial charge in [-0.15, -0.1) is 0 Å². The summed E-state index contributed by atoms with van der Waals surface area (Å²) >= 11 is 1.14. The van der Waals surface area contributed by atoms with E-state index in [1.54, 1.807) is 12.1 Å². The number of halogens is 3. The molecular formula is C26H21F3N4OS. The van der Waals surface area contributed by atoms with Crippen LogP contribution < -0.4 is 10.0 Å². The highest BCUT2D eigenvalue weighted by Crippen LogP contribution is 2.29. The molecule has 4 rings (SSSR count). The highest BCUT2D eigenvalue weighted by molar-refractivity contribution is 7.98. The second-order valence-corrected chi connectivity index (χ2v) is 8.65. The molecule has 0 fully saturated rings. The average Bonchev–Trinajstić information content (AvgIpc) is 2.82. The lowest BCUT2D eigenvalue weighted by atomic mass is 9.96. The van der Waals surface area contributed by atoms with Gasteiger partial charge in [-0.05, 0) is 66.8 Å². The summed E-state index contributed by atoms with van der Waals surface area (Å²) in [5, 5.41) is 2.84. The molecule has 2 aromatic heterocycles. The van der Waals surface area contributed by atoms with Crippen LogP contribution in [0.5, 0.6) is 0 Å². The largest absolute Gasteiger partial charge is 0.329 e. The number of nitrogens with one attached hydrogen (secondary N) is 2. The number of aromatic nitrogens is 2. The maximum absolute atomic E-state index is 13.9. The number of nitrogens with zero attached hydrogens (tertiary/aromatic N) is 2. The minimum Gasteiger partial charge on any atom is -0.329 e. The van der Waals surface area contributed by atoms with E-state index in [-0.39, 0.29) is 6.42 Å². The predicted octanol–water partition coefficient (Wildman–Crippen LogP) is 6.16. The van der Waals surface area contributed by atoms with Crippen LogP contribution in [0.3, 0.4) is 0 Å². The molecule has 0 bridgehead atoms. The Morgan fingerprint density at radius 3 is 2.49 bits per heavy atom. The fourth-order valence-corrected chi connectivity index (χ4v) is 4.28. The van der Waals surface area contributed by atoms with E-state index in [4.69, 9.17) is 0 Å². The molecule has 0 radical (unpaired) electrons. The number of benzene rings is 2. The van der Waals surface area contributed by atoms with Crippen LogP contribution in [0.2, 0.25) is 0 Å². The fraction of sp³-hybridized carbons (Fsp3) is 0.115. The van der Waals surface area contributed by atoms with Crippen molar-refractivity contribution in [3.05, 3.63) is 114 Å². The van der Waals surface area contributed by atoms with E-state index in [1.807, 2.05) is 31.2 Å². The Hall–Kier alpha value is -3.85. The number of hydrogen-bond acceptors (Lipinski definition) is 4. The zero-order valence-corrected chi connectivity index (χ0v) is 19.5. The lowest BCUT2D eigenvalue weighted by Gasteiger charge is -2.21. The molecule has 0 saturated carbocycles. The third-order valence-corrected chi connectivity index (χ3v) is 6.16. The van der Waals surface area contributed by atoms with Gasteiger partial charge < -0.3 is 5.32 Å². The number of aryl methyl sites for hydroxylation is 1. The van der Waals surface area contributed by atoms with Gasteiger partial charge in [0.15, 0.2) is 0 Å². The Balaban J connectivity index is 1.64. The van der Waals surface area contributed by atoms with Crippen molar-refractivity contribution in [1.82, 2.24) is 20.0 Å². The van der Waals surface area contributed by atoms with Crippen molar-refractivity contribution < 1.29 is 18.0 Å². The van der Waals surface area contributed by atoms with E-state index >= 15 is 0 Å². The lowest BCUT2D eigenvalue weighted by Crippen LogP contribution is -2.36. The quantitative estimate of drug-likeness (QED) is 0.302. The summed E-state index contributed by atoms with van der Waals surface area (Å²) in [5.41, 5.74) is 2.72. The summed E-state index contributed by atoms with van der Waals surface area (Å²) in [7, 11) is 0. The van der Waals surface area contributed by atoms with E-state index in [9.17, 15) is 18.0 Å². The minimum atomic E-state index is -0.784. The minimum absolute atomic E-state index is 0.0455. The topological polar surface area (TPSA) is 66.9 Å². The number of carbonyl (C=O) groups is 1. The second kappa shape index (κ2) is 11.1. The van der Waals surface area contributed by atoms with Crippen LogP contribution >= 0.6 is 11.9 Å². The molecule has 4 aromatic rings. The Bertz CT molecular complexity index is 1330. The Morgan fingerprint density at radius 2 is 1.74 bits per heavy atom. The smallest absolute Gasteiger partial charge is 0.325 e. The number of rotatable bonds is 7. The first-order chi connectivity index (χ1) is 16.9. The maximum Gasteiger partial charge on any atom is 0.325 e. The van der Waals surface area contributed by atoms with Crippen LogP contribution in [-0.4, -0.2) is 16.0 Å². The monoisotopic (exact) mass is 494 g/mol. The van der Waals surface area contributed by atoms with E-state index in [1.165, 1.54) is 30.6 Å². The normalized spacial score (nSPS) is 11.7. The third kappa shape index (κ3) is 6.39. The molecule has 0 aliphatic carbocycles. The molecule has 0 aliphatic heterocycles. The Morgan fingerprint density at radius 1 is 0.971 bits per heavy atom. The van der Waals surface area contributed by atoms with Crippen LogP contribution in [0, 0.1) is 24.4 Å². The molecule has 0 spiro atoms. The SMILES string of the molecule is Cc1ccccc1SNC(=O)N[C@@H](Cc1cc(F)cc(F)c1)c1ncccc1-c1cncc(F)c1. The van der Waals surface area contributed by atoms with Crippen molar-refractivity contribution in [1.29, 1.82) is 0 Å². The van der Waals surface area contributed by atoms with Gasteiger partial charge in [0.1, 0.15) is 17.5 Å². The second-order valence-electron chi connectivity index (χ2n) is 7.81. The van der Waals surface area contributed by atoms with E-state index in [2.05, 4.69) is 20.0 Å². The van der Waals surface area contributed by atoms with Gasteiger partial charge in [0.2, 0.25) is 0 Å². The van der Waals surface area contributed by atoms with Crippen molar-refractivity contribution >= 4 is 18.0 Å². The Kier molecular flexibility index (Phi) is 7.67. The molecule has 2 amide bonds. The zero-order valence-electron chi connectivity index (χ0n) is 18.6. The third-order valence-electron chi connectivity index (χ3n) is 5.20. The molecule has 2 aromatic carbocycles. The lowest BCUT2D eigenvalue weighted by molar-refractivity contribution is 0.242. The maximum atomic E-state index is 13.9. The summed E-state index contributed by atoms with van der Waals surface area (Å²) in [6.07, 6.45) is 4.15. The molecule has 1 atom stereocenters. The van der Waals surface area contributed by atoms with Crippen molar-refractivity contribution in [3.63, 3.8) is 0 Å². The van der Waals surface area contributed by atoms with Crippen molar-refractivity contribution in [2.75, 3.05) is 0 Å². The van der Waals surface area contributed by atoms with E-state index in [0.717, 1.165) is 34.7 Å². The average molecular weight is 495 g/mol. The molecule has 2 N–H and O–H groups in total. The number of carbonyl (C=O) groups excluding carboxylic acids is 1. The van der Waals surface area contributed by atoms with Gasteiger partial charge in [0.05, 0.1) is 17.9 Å². The van der Waals surface area contributed by atoms with Crippen molar-refractivity contribution in [3.8, 4) is 11.1 Å². The molecule has 5 nitrogen and oxygen atoms in total. The standard InChI is InChI=1S/C26H21F3N4OS/c1-16-5-2-3-7-24(16)35-33-26(34)32-23(11-17-9-19(27)13-20(28)10-17)25-22(6-4-8-31-25)18-12-21(29)15-30-14-18/h2-10,12-15,23H,11H2,1H3,(H2,32,33,34)/t23-/m0/s1. The molecule has 0 aliphatic rings. The van der Waals surface area contributed by atoms with Crippen molar-refractivity contribution in [2.45, 2.75) is 24.3 Å². The number of amides is 2. The summed E-state index contributed by atoms with van der Waals surface area (Å²) in [6, 6.07) is 14.1. The Labute approximate surface area is 205 Å². The van der Waals surface area contributed by atoms with E-state index in [0.29, 0.717) is 22.4 Å².